The summed E-state index contributed by atoms with van der Waals surface area (Å²) in [7, 11) is 0. The predicted octanol–water partition coefficient (Wildman–Crippen LogP) is 0.150. The summed E-state index contributed by atoms with van der Waals surface area (Å²) in [4.78, 5) is 5.06. The van der Waals surface area contributed by atoms with Gasteiger partial charge in [-0.25, -0.2) is 4.98 Å². The van der Waals surface area contributed by atoms with Crippen molar-refractivity contribution in [2.24, 2.45) is 5.73 Å². The summed E-state index contributed by atoms with van der Waals surface area (Å²) in [6.07, 6.45) is 1.13. The molecule has 12 heavy (non-hydrogen) atoms. The molecule has 1 aromatic heterocycles. The highest BCUT2D eigenvalue weighted by molar-refractivity contribution is 7.13. The quantitative estimate of drug-likeness (QED) is 0.705. The van der Waals surface area contributed by atoms with E-state index in [2.05, 4.69) is 4.98 Å². The fourth-order valence-electron chi connectivity index (χ4n) is 0.636. The topological polar surface area (TPSA) is 68.4 Å². The highest BCUT2D eigenvalue weighted by Gasteiger charge is 2.04. The lowest BCUT2D eigenvalue weighted by molar-refractivity contribution is 0.114. The Morgan fingerprint density at radius 3 is 3.08 bits per heavy atom. The molecule has 4 nitrogen and oxygen atoms in total. The van der Waals surface area contributed by atoms with Crippen molar-refractivity contribution in [3.05, 3.63) is 11.1 Å². The number of hydrogen-bond donors (Lipinski definition) is 2. The molecule has 0 saturated heterocycles. The number of nitrogens with two attached hydrogens (primary N) is 1. The highest BCUT2D eigenvalue weighted by atomic mass is 32.1. The van der Waals surface area contributed by atoms with Gasteiger partial charge in [0.2, 0.25) is 0 Å². The Morgan fingerprint density at radius 1 is 1.83 bits per heavy atom. The van der Waals surface area contributed by atoms with E-state index in [1.807, 2.05) is 6.92 Å². The minimum absolute atomic E-state index is 0.212. The molecular formula is C7H12N2O2S. The summed E-state index contributed by atoms with van der Waals surface area (Å²) in [6, 6.07) is 0. The van der Waals surface area contributed by atoms with E-state index in [0.29, 0.717) is 5.19 Å². The zero-order valence-corrected chi connectivity index (χ0v) is 7.67. The second-order valence-corrected chi connectivity index (χ2v) is 3.63. The molecule has 0 saturated carbocycles. The van der Waals surface area contributed by atoms with Crippen molar-refractivity contribution in [3.63, 3.8) is 0 Å². The summed E-state index contributed by atoms with van der Waals surface area (Å²) in [6.45, 7) is 2.37. The van der Waals surface area contributed by atoms with Gasteiger partial charge in [-0.1, -0.05) is 11.3 Å². The van der Waals surface area contributed by atoms with E-state index >= 15 is 0 Å². The van der Waals surface area contributed by atoms with Crippen LogP contribution in [-0.4, -0.2) is 29.3 Å². The summed E-state index contributed by atoms with van der Waals surface area (Å²) in [5, 5.41) is 9.64. The van der Waals surface area contributed by atoms with Gasteiger partial charge in [0.15, 0.2) is 0 Å². The number of hydrogen-bond acceptors (Lipinski definition) is 5. The molecule has 0 aliphatic carbocycles. The van der Waals surface area contributed by atoms with Crippen LogP contribution in [0, 0.1) is 6.92 Å². The molecule has 0 aromatic carbocycles. The number of thiazole rings is 1. The smallest absolute Gasteiger partial charge is 0.273 e. The molecule has 0 spiro atoms. The molecule has 1 rings (SSSR count). The second kappa shape index (κ2) is 4.39. The van der Waals surface area contributed by atoms with Crippen molar-refractivity contribution >= 4 is 11.3 Å². The Morgan fingerprint density at radius 2 is 2.58 bits per heavy atom. The van der Waals surface area contributed by atoms with Crippen LogP contribution in [0.2, 0.25) is 0 Å². The van der Waals surface area contributed by atoms with E-state index in [1.165, 1.54) is 11.3 Å². The number of rotatable bonds is 4. The Hall–Kier alpha value is -0.650. The molecule has 0 amide bonds. The van der Waals surface area contributed by atoms with E-state index in [-0.39, 0.29) is 13.2 Å². The van der Waals surface area contributed by atoms with Gasteiger partial charge in [0.25, 0.3) is 5.19 Å². The van der Waals surface area contributed by atoms with E-state index in [4.69, 9.17) is 15.6 Å². The van der Waals surface area contributed by atoms with Crippen molar-refractivity contribution in [3.8, 4) is 5.19 Å². The van der Waals surface area contributed by atoms with Crippen LogP contribution in [-0.2, 0) is 0 Å². The monoisotopic (exact) mass is 188 g/mol. The molecule has 0 radical (unpaired) electrons. The first-order valence-corrected chi connectivity index (χ1v) is 4.47. The Balaban J connectivity index is 2.33. The van der Waals surface area contributed by atoms with Gasteiger partial charge in [0, 0.05) is 17.6 Å². The Kier molecular flexibility index (Phi) is 3.46. The Bertz CT molecular complexity index is 239. The van der Waals surface area contributed by atoms with Crippen LogP contribution in [0.3, 0.4) is 0 Å². The first kappa shape index (κ1) is 9.44. The van der Waals surface area contributed by atoms with E-state index < -0.39 is 6.10 Å². The molecule has 68 valence electrons. The van der Waals surface area contributed by atoms with Crippen LogP contribution >= 0.6 is 11.3 Å². The molecule has 0 aliphatic heterocycles. The predicted molar refractivity (Wildman–Crippen MR) is 47.4 cm³/mol. The molecule has 1 aromatic rings. The lowest BCUT2D eigenvalue weighted by atomic mass is 10.4. The standard InChI is InChI=1S/C7H12N2O2S/c1-5-3-9-7(12-5)11-4-6(10)2-8/h3,6,10H,2,4,8H2,1H3. The van der Waals surface area contributed by atoms with Gasteiger partial charge in [-0.2, -0.15) is 0 Å². The van der Waals surface area contributed by atoms with Crippen LogP contribution in [0.25, 0.3) is 0 Å². The van der Waals surface area contributed by atoms with Crippen molar-refractivity contribution in [1.82, 2.24) is 4.98 Å². The van der Waals surface area contributed by atoms with Gasteiger partial charge in [-0.15, -0.1) is 0 Å². The third-order valence-electron chi connectivity index (χ3n) is 1.27. The largest absolute Gasteiger partial charge is 0.467 e. The minimum Gasteiger partial charge on any atom is -0.467 e. The third kappa shape index (κ3) is 2.77. The number of aliphatic hydroxyl groups excluding tert-OH is 1. The van der Waals surface area contributed by atoms with Crippen LogP contribution < -0.4 is 10.5 Å². The summed E-state index contributed by atoms with van der Waals surface area (Å²) >= 11 is 1.45. The van der Waals surface area contributed by atoms with Crippen LogP contribution in [0.4, 0.5) is 0 Å². The lowest BCUT2D eigenvalue weighted by Gasteiger charge is -2.06. The number of ether oxygens (including phenoxy) is 1. The molecular weight excluding hydrogens is 176 g/mol. The molecule has 5 heteroatoms. The molecule has 0 aliphatic rings. The zero-order chi connectivity index (χ0) is 8.97. The van der Waals surface area contributed by atoms with Crippen LogP contribution in [0.15, 0.2) is 6.20 Å². The zero-order valence-electron chi connectivity index (χ0n) is 6.86. The molecule has 1 unspecified atom stereocenters. The summed E-state index contributed by atoms with van der Waals surface area (Å²) < 4.78 is 5.16. The maximum Gasteiger partial charge on any atom is 0.273 e. The van der Waals surface area contributed by atoms with E-state index in [0.717, 1.165) is 4.88 Å². The molecule has 1 heterocycles. The van der Waals surface area contributed by atoms with Crippen molar-refractivity contribution in [2.75, 3.05) is 13.2 Å². The van der Waals surface area contributed by atoms with Crippen LogP contribution in [0.5, 0.6) is 5.19 Å². The van der Waals surface area contributed by atoms with Gasteiger partial charge in [-0.3, -0.25) is 0 Å². The average molecular weight is 188 g/mol. The van der Waals surface area contributed by atoms with E-state index in [9.17, 15) is 0 Å². The maximum atomic E-state index is 9.05. The third-order valence-corrected chi connectivity index (χ3v) is 2.10. The molecule has 0 fully saturated rings. The first-order valence-electron chi connectivity index (χ1n) is 3.65. The SMILES string of the molecule is Cc1cnc(OCC(O)CN)s1. The van der Waals surface area contributed by atoms with Crippen molar-refractivity contribution in [1.29, 1.82) is 0 Å². The summed E-state index contributed by atoms with van der Waals surface area (Å²) in [5.74, 6) is 0. The number of aryl methyl sites for hydroxylation is 1. The highest BCUT2D eigenvalue weighted by Crippen LogP contribution is 2.18. The Labute approximate surface area is 75.0 Å². The summed E-state index contributed by atoms with van der Waals surface area (Å²) in [5.41, 5.74) is 5.19. The average Bonchev–Trinajstić information content (AvgIpc) is 2.47. The minimum atomic E-state index is -0.603. The first-order chi connectivity index (χ1) is 5.72. The van der Waals surface area contributed by atoms with Gasteiger partial charge >= 0.3 is 0 Å². The number of nitrogens with zero attached hydrogens (tertiary/aromatic N) is 1. The lowest BCUT2D eigenvalue weighted by Crippen LogP contribution is -2.26. The van der Waals surface area contributed by atoms with Crippen molar-refractivity contribution in [2.45, 2.75) is 13.0 Å². The fourth-order valence-corrected chi connectivity index (χ4v) is 1.25. The molecule has 0 bridgehead atoms. The second-order valence-electron chi connectivity index (χ2n) is 2.44. The number of aromatic nitrogens is 1. The number of aliphatic hydroxyl groups is 1. The van der Waals surface area contributed by atoms with Crippen LogP contribution in [0.1, 0.15) is 4.88 Å². The maximum absolute atomic E-state index is 9.05. The van der Waals surface area contributed by atoms with Gasteiger partial charge in [0.05, 0.1) is 0 Å². The molecule has 3 N–H and O–H groups in total. The molecule has 1 atom stereocenters. The van der Waals surface area contributed by atoms with Crippen molar-refractivity contribution < 1.29 is 9.84 Å². The normalized spacial score (nSPS) is 12.9. The fraction of sp³-hybridized carbons (Fsp3) is 0.571. The van der Waals surface area contributed by atoms with Gasteiger partial charge in [-0.05, 0) is 6.92 Å². The van der Waals surface area contributed by atoms with E-state index in [1.54, 1.807) is 6.20 Å². The van der Waals surface area contributed by atoms with Gasteiger partial charge in [0.1, 0.15) is 12.7 Å². The van der Waals surface area contributed by atoms with Gasteiger partial charge < -0.3 is 15.6 Å².